The van der Waals surface area contributed by atoms with E-state index in [1.807, 2.05) is 39.0 Å². The van der Waals surface area contributed by atoms with Crippen LogP contribution in [0, 0.1) is 25.6 Å². The first kappa shape index (κ1) is 25.5. The van der Waals surface area contributed by atoms with E-state index in [0.29, 0.717) is 36.0 Å². The summed E-state index contributed by atoms with van der Waals surface area (Å²) < 4.78 is 30.6. The third-order valence-corrected chi connectivity index (χ3v) is 6.96. The molecule has 11 heteroatoms. The second kappa shape index (κ2) is 10.3. The highest BCUT2D eigenvalue weighted by atomic mass is 19.1. The first-order valence-electron chi connectivity index (χ1n) is 12.6. The van der Waals surface area contributed by atoms with E-state index < -0.39 is 11.5 Å². The van der Waals surface area contributed by atoms with Crippen LogP contribution in [0.2, 0.25) is 0 Å². The number of pyridine rings is 2. The van der Waals surface area contributed by atoms with Crippen molar-refractivity contribution in [1.29, 1.82) is 0 Å². The molecule has 4 aromatic rings. The van der Waals surface area contributed by atoms with Crippen molar-refractivity contribution in [2.75, 3.05) is 5.32 Å². The van der Waals surface area contributed by atoms with Crippen LogP contribution in [0.3, 0.4) is 0 Å². The van der Waals surface area contributed by atoms with Crippen molar-refractivity contribution in [1.82, 2.24) is 35.3 Å². The van der Waals surface area contributed by atoms with Crippen LogP contribution in [0.4, 0.5) is 20.4 Å². The number of hydrogen-bond acceptors (Lipinski definition) is 6. The number of carbonyl (C=O) groups excluding carboxylic acids is 1. The molecule has 1 saturated carbocycles. The van der Waals surface area contributed by atoms with E-state index in [4.69, 9.17) is 0 Å². The Morgan fingerprint density at radius 3 is 2.58 bits per heavy atom. The van der Waals surface area contributed by atoms with Crippen molar-refractivity contribution in [3.05, 3.63) is 77.3 Å². The summed E-state index contributed by atoms with van der Waals surface area (Å²) in [6, 6.07) is 8.73. The Bertz CT molecular complexity index is 1420. The van der Waals surface area contributed by atoms with E-state index in [2.05, 4.69) is 35.9 Å². The molecule has 4 heterocycles. The molecule has 1 fully saturated rings. The number of H-pyrrole nitrogens is 1. The molecule has 38 heavy (non-hydrogen) atoms. The van der Waals surface area contributed by atoms with Crippen LogP contribution in [0.5, 0.6) is 0 Å². The van der Waals surface area contributed by atoms with Crippen LogP contribution in [-0.2, 0) is 10.5 Å². The Hall–Kier alpha value is -4.15. The molecule has 3 N–H and O–H groups in total. The quantitative estimate of drug-likeness (QED) is 0.312. The average molecular weight is 521 g/mol. The molecule has 0 unspecified atom stereocenters. The minimum absolute atomic E-state index is 0.105. The second-order valence-electron chi connectivity index (χ2n) is 10.00. The molecule has 4 aromatic heterocycles. The fraction of sp³-hybridized carbons (Fsp3) is 0.370. The van der Waals surface area contributed by atoms with Crippen LogP contribution in [-0.4, -0.2) is 35.9 Å². The number of aryl methyl sites for hydroxylation is 2. The topological polar surface area (TPSA) is 113 Å². The Balaban J connectivity index is 1.19. The van der Waals surface area contributed by atoms with Gasteiger partial charge in [-0.3, -0.25) is 9.89 Å². The first-order chi connectivity index (χ1) is 18.2. The molecule has 0 aromatic carbocycles. The van der Waals surface area contributed by atoms with Gasteiger partial charge in [0.2, 0.25) is 5.91 Å². The minimum Gasteiger partial charge on any atom is -0.349 e. The number of amides is 1. The summed E-state index contributed by atoms with van der Waals surface area (Å²) in [6.45, 7) is 5.68. The van der Waals surface area contributed by atoms with Gasteiger partial charge in [0.25, 0.3) is 0 Å². The zero-order valence-corrected chi connectivity index (χ0v) is 21.5. The molecule has 1 aliphatic carbocycles. The zero-order chi connectivity index (χ0) is 26.9. The molecule has 0 saturated heterocycles. The van der Waals surface area contributed by atoms with E-state index in [0.717, 1.165) is 23.0 Å². The maximum Gasteiger partial charge on any atom is 0.223 e. The average Bonchev–Trinajstić information content (AvgIpc) is 3.51. The van der Waals surface area contributed by atoms with E-state index in [9.17, 15) is 9.18 Å². The predicted octanol–water partition coefficient (Wildman–Crippen LogP) is 5.12. The number of nitrogens with zero attached hydrogens (tertiary/aromatic N) is 5. The molecule has 0 bridgehead atoms. The molecule has 1 atom stereocenters. The number of alkyl halides is 1. The number of carbonyl (C=O) groups is 1. The van der Waals surface area contributed by atoms with Crippen LogP contribution in [0.25, 0.3) is 5.82 Å². The Morgan fingerprint density at radius 1 is 1.16 bits per heavy atom. The van der Waals surface area contributed by atoms with E-state index >= 15 is 4.39 Å². The van der Waals surface area contributed by atoms with E-state index in [1.165, 1.54) is 10.9 Å². The maximum atomic E-state index is 16.1. The van der Waals surface area contributed by atoms with Gasteiger partial charge in [-0.25, -0.2) is 23.4 Å². The van der Waals surface area contributed by atoms with Crippen molar-refractivity contribution >= 4 is 17.5 Å². The molecule has 1 amide bonds. The number of nitrogens with one attached hydrogen (secondary N) is 3. The van der Waals surface area contributed by atoms with Gasteiger partial charge in [-0.2, -0.15) is 10.2 Å². The molecule has 0 radical (unpaired) electrons. The number of hydrogen-bond donors (Lipinski definition) is 3. The third-order valence-electron chi connectivity index (χ3n) is 6.96. The summed E-state index contributed by atoms with van der Waals surface area (Å²) in [4.78, 5) is 21.8. The lowest BCUT2D eigenvalue weighted by Crippen LogP contribution is -2.38. The molecule has 1 aliphatic rings. The van der Waals surface area contributed by atoms with Gasteiger partial charge in [0, 0.05) is 23.9 Å². The number of aromatic nitrogens is 6. The minimum atomic E-state index is -1.60. The lowest BCUT2D eigenvalue weighted by Gasteiger charge is -2.33. The van der Waals surface area contributed by atoms with Gasteiger partial charge in [-0.1, -0.05) is 6.07 Å². The summed E-state index contributed by atoms with van der Waals surface area (Å²) in [6.07, 6.45) is 5.27. The molecular weight excluding hydrogens is 490 g/mol. The second-order valence-corrected chi connectivity index (χ2v) is 10.00. The molecule has 9 nitrogen and oxygen atoms in total. The van der Waals surface area contributed by atoms with Crippen LogP contribution in [0.1, 0.15) is 61.2 Å². The summed E-state index contributed by atoms with van der Waals surface area (Å²) in [5, 5.41) is 17.1. The summed E-state index contributed by atoms with van der Waals surface area (Å²) in [5.74, 6) is 0.802. The van der Waals surface area contributed by atoms with Crippen molar-refractivity contribution in [3.63, 3.8) is 0 Å². The Morgan fingerprint density at radius 2 is 1.95 bits per heavy atom. The van der Waals surface area contributed by atoms with Crippen molar-refractivity contribution in [2.24, 2.45) is 5.92 Å². The van der Waals surface area contributed by atoms with Crippen molar-refractivity contribution < 1.29 is 13.6 Å². The maximum absolute atomic E-state index is 16.1. The zero-order valence-electron chi connectivity index (χ0n) is 21.5. The smallest absolute Gasteiger partial charge is 0.223 e. The number of rotatable bonds is 7. The van der Waals surface area contributed by atoms with Gasteiger partial charge < -0.3 is 10.6 Å². The van der Waals surface area contributed by atoms with E-state index in [1.54, 1.807) is 18.3 Å². The van der Waals surface area contributed by atoms with Crippen LogP contribution in [0.15, 0.2) is 48.9 Å². The normalized spacial score (nSPS) is 20.2. The van der Waals surface area contributed by atoms with Gasteiger partial charge in [0.15, 0.2) is 23.1 Å². The largest absolute Gasteiger partial charge is 0.349 e. The number of aromatic amines is 1. The van der Waals surface area contributed by atoms with Crippen molar-refractivity contribution in [3.8, 4) is 5.82 Å². The standard InChI is InChI=1S/C27H30F2N8O/c1-16-10-22(33-23(11-16)34-24-12-17(2)35-36-24)27(29)8-6-19(7-9-27)26(38)32-18(3)20-4-5-25(30-13-20)37-15-21(28)14-31-37/h4-5,10-15,18-19H,6-9H2,1-3H3,(H,32,38)(H2,33,34,35,36)/t18-,19?,27?/m0/s1. The highest BCUT2D eigenvalue weighted by Gasteiger charge is 2.40. The van der Waals surface area contributed by atoms with E-state index in [-0.39, 0.29) is 30.7 Å². The van der Waals surface area contributed by atoms with Crippen LogP contribution >= 0.6 is 0 Å². The fourth-order valence-corrected chi connectivity index (χ4v) is 4.80. The monoisotopic (exact) mass is 520 g/mol. The van der Waals surface area contributed by atoms with Crippen molar-refractivity contribution in [2.45, 2.75) is 58.2 Å². The van der Waals surface area contributed by atoms with Gasteiger partial charge in [-0.05, 0) is 75.8 Å². The number of halogens is 2. The number of anilines is 2. The predicted molar refractivity (Wildman–Crippen MR) is 138 cm³/mol. The lowest BCUT2D eigenvalue weighted by atomic mass is 9.77. The summed E-state index contributed by atoms with van der Waals surface area (Å²) in [5.41, 5.74) is 1.39. The molecule has 5 rings (SSSR count). The molecule has 0 aliphatic heterocycles. The third kappa shape index (κ3) is 5.56. The molecular formula is C27H30F2N8O. The van der Waals surface area contributed by atoms with Gasteiger partial charge in [0.05, 0.1) is 24.1 Å². The SMILES string of the molecule is Cc1cc(Nc2cc(C)[nH]n2)nc(C2(F)CCC(C(=O)N[C@@H](C)c3ccc(-n4cc(F)cn4)nc3)CC2)c1. The first-order valence-corrected chi connectivity index (χ1v) is 12.6. The highest BCUT2D eigenvalue weighted by molar-refractivity contribution is 5.79. The Labute approximate surface area is 219 Å². The summed E-state index contributed by atoms with van der Waals surface area (Å²) in [7, 11) is 0. The molecule has 198 valence electrons. The highest BCUT2D eigenvalue weighted by Crippen LogP contribution is 2.43. The summed E-state index contributed by atoms with van der Waals surface area (Å²) >= 11 is 0. The van der Waals surface area contributed by atoms with Gasteiger partial charge >= 0.3 is 0 Å². The lowest BCUT2D eigenvalue weighted by molar-refractivity contribution is -0.127. The van der Waals surface area contributed by atoms with Gasteiger partial charge in [-0.15, -0.1) is 0 Å². The fourth-order valence-electron chi connectivity index (χ4n) is 4.80. The Kier molecular flexibility index (Phi) is 6.92. The molecule has 0 spiro atoms. The van der Waals surface area contributed by atoms with Gasteiger partial charge in [0.1, 0.15) is 5.82 Å². The van der Waals surface area contributed by atoms with Crippen LogP contribution < -0.4 is 10.6 Å².